The molecule has 2 aromatic rings. The molecule has 0 amide bonds. The van der Waals surface area contributed by atoms with E-state index in [1.807, 2.05) is 11.6 Å². The molecule has 0 aliphatic carbocycles. The van der Waals surface area contributed by atoms with Gasteiger partial charge in [-0.1, -0.05) is 23.9 Å². The lowest BCUT2D eigenvalue weighted by molar-refractivity contribution is -0.0498. The largest absolute Gasteiger partial charge is 0.435 e. The number of aromatic nitrogens is 3. The van der Waals surface area contributed by atoms with E-state index in [1.54, 1.807) is 12.1 Å². The van der Waals surface area contributed by atoms with Crippen molar-refractivity contribution in [3.8, 4) is 5.75 Å². The van der Waals surface area contributed by atoms with E-state index < -0.39 is 6.61 Å². The lowest BCUT2D eigenvalue weighted by Gasteiger charge is -2.06. The molecular weight excluding hydrogens is 286 g/mol. The zero-order chi connectivity index (χ0) is 14.5. The van der Waals surface area contributed by atoms with E-state index in [2.05, 4.69) is 14.9 Å². The molecule has 0 unspecified atom stereocenters. The standard InChI is InChI=1S/C12H14F2N4OS/c1-18-10(6-15)16-17-12(18)20-7-8-2-4-9(5-3-8)19-11(13)14/h2-5,11H,6-7,15H2,1H3. The molecule has 0 aliphatic heterocycles. The predicted molar refractivity (Wildman–Crippen MR) is 71.5 cm³/mol. The van der Waals surface area contributed by atoms with E-state index in [4.69, 9.17) is 5.73 Å². The van der Waals surface area contributed by atoms with Gasteiger partial charge in [0, 0.05) is 12.8 Å². The fraction of sp³-hybridized carbons (Fsp3) is 0.333. The second-order valence-electron chi connectivity index (χ2n) is 3.97. The zero-order valence-corrected chi connectivity index (χ0v) is 11.6. The molecule has 0 aliphatic rings. The minimum Gasteiger partial charge on any atom is -0.435 e. The third-order valence-electron chi connectivity index (χ3n) is 2.62. The number of thioether (sulfide) groups is 1. The monoisotopic (exact) mass is 300 g/mol. The number of benzene rings is 1. The molecule has 108 valence electrons. The van der Waals surface area contributed by atoms with Crippen LogP contribution in [0.25, 0.3) is 0 Å². The average Bonchev–Trinajstić information content (AvgIpc) is 2.78. The second kappa shape index (κ2) is 6.67. The molecule has 0 fully saturated rings. The Kier molecular flexibility index (Phi) is 4.91. The molecule has 2 rings (SSSR count). The lowest BCUT2D eigenvalue weighted by Crippen LogP contribution is -2.05. The Bertz CT molecular complexity index is 559. The average molecular weight is 300 g/mol. The van der Waals surface area contributed by atoms with Gasteiger partial charge in [0.1, 0.15) is 11.6 Å². The van der Waals surface area contributed by atoms with Crippen molar-refractivity contribution in [3.63, 3.8) is 0 Å². The summed E-state index contributed by atoms with van der Waals surface area (Å²) in [5.41, 5.74) is 6.50. The van der Waals surface area contributed by atoms with E-state index in [1.165, 1.54) is 23.9 Å². The van der Waals surface area contributed by atoms with Gasteiger partial charge in [-0.15, -0.1) is 10.2 Å². The van der Waals surface area contributed by atoms with Crippen LogP contribution in [0, 0.1) is 0 Å². The zero-order valence-electron chi connectivity index (χ0n) is 10.8. The molecule has 0 radical (unpaired) electrons. The Balaban J connectivity index is 1.95. The van der Waals surface area contributed by atoms with E-state index in [9.17, 15) is 8.78 Å². The molecule has 1 aromatic heterocycles. The summed E-state index contributed by atoms with van der Waals surface area (Å²) in [5.74, 6) is 1.52. The number of nitrogens with two attached hydrogens (primary N) is 1. The van der Waals surface area contributed by atoms with Crippen molar-refractivity contribution >= 4 is 11.8 Å². The molecule has 0 saturated carbocycles. The number of rotatable bonds is 6. The number of nitrogens with zero attached hydrogens (tertiary/aromatic N) is 3. The van der Waals surface area contributed by atoms with Gasteiger partial charge in [-0.05, 0) is 17.7 Å². The molecule has 0 saturated heterocycles. The van der Waals surface area contributed by atoms with Crippen LogP contribution in [0.4, 0.5) is 8.78 Å². The SMILES string of the molecule is Cn1c(CN)nnc1SCc1ccc(OC(F)F)cc1. The summed E-state index contributed by atoms with van der Waals surface area (Å²) in [6.07, 6.45) is 0. The number of ether oxygens (including phenoxy) is 1. The van der Waals surface area contributed by atoms with Crippen LogP contribution in [0.3, 0.4) is 0 Å². The highest BCUT2D eigenvalue weighted by molar-refractivity contribution is 7.98. The van der Waals surface area contributed by atoms with Gasteiger partial charge in [-0.25, -0.2) is 0 Å². The summed E-state index contributed by atoms with van der Waals surface area (Å²) in [6, 6.07) is 6.52. The van der Waals surface area contributed by atoms with E-state index in [0.29, 0.717) is 18.1 Å². The molecule has 0 atom stereocenters. The summed E-state index contributed by atoms with van der Waals surface area (Å²) in [6.45, 7) is -2.47. The molecule has 8 heteroatoms. The van der Waals surface area contributed by atoms with Crippen molar-refractivity contribution in [2.24, 2.45) is 12.8 Å². The molecule has 1 heterocycles. The van der Waals surface area contributed by atoms with Gasteiger partial charge in [0.05, 0.1) is 6.54 Å². The van der Waals surface area contributed by atoms with Crippen LogP contribution < -0.4 is 10.5 Å². The minimum atomic E-state index is -2.80. The second-order valence-corrected chi connectivity index (χ2v) is 4.92. The highest BCUT2D eigenvalue weighted by atomic mass is 32.2. The highest BCUT2D eigenvalue weighted by Crippen LogP contribution is 2.23. The third kappa shape index (κ3) is 3.67. The third-order valence-corrected chi connectivity index (χ3v) is 3.72. The Morgan fingerprint density at radius 3 is 2.55 bits per heavy atom. The maximum atomic E-state index is 12.0. The quantitative estimate of drug-likeness (QED) is 0.828. The molecule has 20 heavy (non-hydrogen) atoms. The molecular formula is C12H14F2N4OS. The molecule has 0 spiro atoms. The van der Waals surface area contributed by atoms with Crippen molar-refractivity contribution < 1.29 is 13.5 Å². The van der Waals surface area contributed by atoms with Gasteiger partial charge >= 0.3 is 6.61 Å². The van der Waals surface area contributed by atoms with Crippen LogP contribution in [0.1, 0.15) is 11.4 Å². The van der Waals surface area contributed by atoms with Crippen molar-refractivity contribution in [1.29, 1.82) is 0 Å². The van der Waals surface area contributed by atoms with Crippen LogP contribution in [-0.4, -0.2) is 21.4 Å². The van der Waals surface area contributed by atoms with Gasteiger partial charge in [-0.2, -0.15) is 8.78 Å². The Hall–Kier alpha value is -1.67. The first-order valence-corrected chi connectivity index (χ1v) is 6.83. The van der Waals surface area contributed by atoms with Crippen molar-refractivity contribution in [2.75, 3.05) is 0 Å². The topological polar surface area (TPSA) is 66.0 Å². The minimum absolute atomic E-state index is 0.151. The molecule has 2 N–H and O–H groups in total. The van der Waals surface area contributed by atoms with E-state index >= 15 is 0 Å². The Labute approximate surface area is 119 Å². The smallest absolute Gasteiger partial charge is 0.387 e. The maximum Gasteiger partial charge on any atom is 0.387 e. The summed E-state index contributed by atoms with van der Waals surface area (Å²) >= 11 is 1.50. The predicted octanol–water partition coefficient (Wildman–Crippen LogP) is 2.17. The van der Waals surface area contributed by atoms with Gasteiger partial charge in [0.25, 0.3) is 0 Å². The molecule has 5 nitrogen and oxygen atoms in total. The number of hydrogen-bond donors (Lipinski definition) is 1. The fourth-order valence-corrected chi connectivity index (χ4v) is 2.45. The number of halogens is 2. The maximum absolute atomic E-state index is 12.0. The summed E-state index contributed by atoms with van der Waals surface area (Å²) < 4.78 is 30.2. The van der Waals surface area contributed by atoms with Crippen LogP contribution in [0.2, 0.25) is 0 Å². The van der Waals surface area contributed by atoms with Crippen LogP contribution in [0.5, 0.6) is 5.75 Å². The van der Waals surface area contributed by atoms with Gasteiger partial charge in [-0.3, -0.25) is 0 Å². The first kappa shape index (κ1) is 14.7. The Morgan fingerprint density at radius 1 is 1.30 bits per heavy atom. The van der Waals surface area contributed by atoms with Crippen molar-refractivity contribution in [3.05, 3.63) is 35.7 Å². The Morgan fingerprint density at radius 2 is 2.00 bits per heavy atom. The first-order valence-electron chi connectivity index (χ1n) is 5.85. The summed E-state index contributed by atoms with van der Waals surface area (Å²) in [7, 11) is 1.85. The van der Waals surface area contributed by atoms with E-state index in [-0.39, 0.29) is 5.75 Å². The normalized spacial score (nSPS) is 11.1. The highest BCUT2D eigenvalue weighted by Gasteiger charge is 2.08. The van der Waals surface area contributed by atoms with Crippen molar-refractivity contribution in [1.82, 2.24) is 14.8 Å². The fourth-order valence-electron chi connectivity index (χ4n) is 1.56. The van der Waals surface area contributed by atoms with Gasteiger partial charge in [0.2, 0.25) is 0 Å². The van der Waals surface area contributed by atoms with Crippen LogP contribution in [-0.2, 0) is 19.3 Å². The summed E-state index contributed by atoms with van der Waals surface area (Å²) in [4.78, 5) is 0. The van der Waals surface area contributed by atoms with Gasteiger partial charge < -0.3 is 15.0 Å². The lowest BCUT2D eigenvalue weighted by atomic mass is 10.2. The molecule has 1 aromatic carbocycles. The van der Waals surface area contributed by atoms with Crippen molar-refractivity contribution in [2.45, 2.75) is 24.1 Å². The van der Waals surface area contributed by atoms with Crippen LogP contribution in [0.15, 0.2) is 29.4 Å². The first-order chi connectivity index (χ1) is 9.60. The van der Waals surface area contributed by atoms with Gasteiger partial charge in [0.15, 0.2) is 5.16 Å². The number of alkyl halides is 2. The van der Waals surface area contributed by atoms with Crippen LogP contribution >= 0.6 is 11.8 Å². The number of hydrogen-bond acceptors (Lipinski definition) is 5. The summed E-state index contributed by atoms with van der Waals surface area (Å²) in [5, 5.41) is 8.75. The molecule has 0 bridgehead atoms. The van der Waals surface area contributed by atoms with E-state index in [0.717, 1.165) is 10.7 Å².